The lowest BCUT2D eigenvalue weighted by molar-refractivity contribution is 0.0950. The molecular formula is C20H17N3O4. The molecule has 0 aliphatic rings. The Balaban J connectivity index is 1.47. The van der Waals surface area contributed by atoms with E-state index in [2.05, 4.69) is 10.3 Å². The molecule has 4 rings (SSSR count). The van der Waals surface area contributed by atoms with Crippen LogP contribution in [-0.4, -0.2) is 28.9 Å². The zero-order valence-corrected chi connectivity index (χ0v) is 14.6. The van der Waals surface area contributed by atoms with E-state index in [-0.39, 0.29) is 5.56 Å². The van der Waals surface area contributed by atoms with Gasteiger partial charge in [0.15, 0.2) is 11.4 Å². The van der Waals surface area contributed by atoms with Crippen molar-refractivity contribution in [1.29, 1.82) is 0 Å². The molecule has 0 atom stereocenters. The van der Waals surface area contributed by atoms with Gasteiger partial charge in [0, 0.05) is 30.7 Å². The highest BCUT2D eigenvalue weighted by Gasteiger charge is 2.13. The number of aromatic nitrogens is 2. The molecule has 0 bridgehead atoms. The van der Waals surface area contributed by atoms with Gasteiger partial charge in [-0.2, -0.15) is 0 Å². The Kier molecular flexibility index (Phi) is 4.33. The summed E-state index contributed by atoms with van der Waals surface area (Å²) < 4.78 is 12.4. The maximum Gasteiger partial charge on any atom is 0.349 e. The number of imidazole rings is 1. The predicted octanol–water partition coefficient (Wildman–Crippen LogP) is 2.42. The van der Waals surface area contributed by atoms with Crippen molar-refractivity contribution in [1.82, 2.24) is 14.7 Å². The van der Waals surface area contributed by atoms with E-state index in [1.165, 1.54) is 0 Å². The zero-order chi connectivity index (χ0) is 18.8. The Morgan fingerprint density at radius 3 is 2.96 bits per heavy atom. The lowest BCUT2D eigenvalue weighted by atomic mass is 10.2. The molecule has 27 heavy (non-hydrogen) atoms. The topological polar surface area (TPSA) is 85.8 Å². The second-order valence-corrected chi connectivity index (χ2v) is 6.03. The van der Waals surface area contributed by atoms with E-state index in [1.807, 2.05) is 35.0 Å². The van der Waals surface area contributed by atoms with Crippen molar-refractivity contribution < 1.29 is 13.9 Å². The van der Waals surface area contributed by atoms with Crippen LogP contribution in [0.1, 0.15) is 16.1 Å². The third-order valence-corrected chi connectivity index (χ3v) is 4.27. The predicted molar refractivity (Wildman–Crippen MR) is 100 cm³/mol. The van der Waals surface area contributed by atoms with Crippen molar-refractivity contribution in [3.05, 3.63) is 76.5 Å². The minimum Gasteiger partial charge on any atom is -0.493 e. The number of carbonyl (C=O) groups is 1. The Hall–Kier alpha value is -3.61. The maximum atomic E-state index is 12.4. The van der Waals surface area contributed by atoms with Gasteiger partial charge in [-0.15, -0.1) is 0 Å². The highest BCUT2D eigenvalue weighted by atomic mass is 16.5. The summed E-state index contributed by atoms with van der Waals surface area (Å²) in [5.74, 6) is 0.220. The molecule has 1 amide bonds. The lowest BCUT2D eigenvalue weighted by Gasteiger charge is -2.04. The molecule has 0 saturated heterocycles. The van der Waals surface area contributed by atoms with Crippen LogP contribution in [0.5, 0.6) is 5.75 Å². The number of ether oxygens (including phenoxy) is 1. The molecule has 0 spiro atoms. The number of nitrogens with zero attached hydrogens (tertiary/aromatic N) is 2. The summed E-state index contributed by atoms with van der Waals surface area (Å²) in [7, 11) is 1.60. The first-order chi connectivity index (χ1) is 13.2. The van der Waals surface area contributed by atoms with Crippen molar-refractivity contribution in [3.8, 4) is 5.75 Å². The average molecular weight is 363 g/mol. The van der Waals surface area contributed by atoms with Crippen LogP contribution >= 0.6 is 0 Å². The summed E-state index contributed by atoms with van der Waals surface area (Å²) in [5.41, 5.74) is 1.33. The van der Waals surface area contributed by atoms with Crippen LogP contribution < -0.4 is 15.7 Å². The SMILES string of the molecule is COc1cccn2cc(CCNC(=O)c3cc4ccccc4oc3=O)nc12. The Bertz CT molecular complexity index is 1190. The number of methoxy groups -OCH3 is 1. The molecule has 0 aliphatic carbocycles. The van der Waals surface area contributed by atoms with E-state index >= 15 is 0 Å². The van der Waals surface area contributed by atoms with Crippen molar-refractivity contribution in [2.24, 2.45) is 0 Å². The van der Waals surface area contributed by atoms with Gasteiger partial charge in [-0.25, -0.2) is 9.78 Å². The first-order valence-corrected chi connectivity index (χ1v) is 8.47. The van der Waals surface area contributed by atoms with Gasteiger partial charge < -0.3 is 18.9 Å². The molecule has 3 heterocycles. The smallest absolute Gasteiger partial charge is 0.349 e. The number of hydrogen-bond acceptors (Lipinski definition) is 5. The van der Waals surface area contributed by atoms with Crippen molar-refractivity contribution in [2.75, 3.05) is 13.7 Å². The number of carbonyl (C=O) groups excluding carboxylic acids is 1. The number of fused-ring (bicyclic) bond motifs is 2. The summed E-state index contributed by atoms with van der Waals surface area (Å²) in [6.07, 6.45) is 4.29. The molecule has 0 unspecified atom stereocenters. The van der Waals surface area contributed by atoms with Gasteiger partial charge in [-0.1, -0.05) is 18.2 Å². The molecule has 7 nitrogen and oxygen atoms in total. The molecular weight excluding hydrogens is 346 g/mol. The van der Waals surface area contributed by atoms with Gasteiger partial charge in [-0.3, -0.25) is 4.79 Å². The standard InChI is InChI=1S/C20H17N3O4/c1-26-17-7-4-10-23-12-14(22-18(17)23)8-9-21-19(24)15-11-13-5-2-3-6-16(13)27-20(15)25/h2-7,10-12H,8-9H2,1H3,(H,21,24). The summed E-state index contributed by atoms with van der Waals surface area (Å²) >= 11 is 0. The molecule has 7 heteroatoms. The van der Waals surface area contributed by atoms with Crippen molar-refractivity contribution in [2.45, 2.75) is 6.42 Å². The largest absolute Gasteiger partial charge is 0.493 e. The minimum absolute atomic E-state index is 0.00892. The van der Waals surface area contributed by atoms with E-state index in [9.17, 15) is 9.59 Å². The molecule has 3 aromatic heterocycles. The summed E-state index contributed by atoms with van der Waals surface area (Å²) in [4.78, 5) is 28.9. The third kappa shape index (κ3) is 3.27. The highest BCUT2D eigenvalue weighted by Crippen LogP contribution is 2.18. The average Bonchev–Trinajstić information content (AvgIpc) is 3.10. The van der Waals surface area contributed by atoms with Gasteiger partial charge in [-0.05, 0) is 24.3 Å². The fourth-order valence-electron chi connectivity index (χ4n) is 2.94. The molecule has 0 saturated carbocycles. The number of para-hydroxylation sites is 1. The quantitative estimate of drug-likeness (QED) is 0.551. The van der Waals surface area contributed by atoms with Crippen LogP contribution in [0, 0.1) is 0 Å². The first-order valence-electron chi connectivity index (χ1n) is 8.47. The first kappa shape index (κ1) is 16.8. The number of pyridine rings is 1. The van der Waals surface area contributed by atoms with E-state index in [4.69, 9.17) is 9.15 Å². The summed E-state index contributed by atoms with van der Waals surface area (Å²) in [6, 6.07) is 12.3. The van der Waals surface area contributed by atoms with Crippen LogP contribution in [0.3, 0.4) is 0 Å². The number of benzene rings is 1. The highest BCUT2D eigenvalue weighted by molar-refractivity contribution is 5.96. The van der Waals surface area contributed by atoms with Crippen LogP contribution in [0.2, 0.25) is 0 Å². The maximum absolute atomic E-state index is 12.4. The summed E-state index contributed by atoms with van der Waals surface area (Å²) in [6.45, 7) is 0.345. The van der Waals surface area contributed by atoms with Crippen LogP contribution in [0.15, 0.2) is 64.1 Å². The fourth-order valence-corrected chi connectivity index (χ4v) is 2.94. The Morgan fingerprint density at radius 1 is 1.26 bits per heavy atom. The monoisotopic (exact) mass is 363 g/mol. The second kappa shape index (κ2) is 6.95. The Morgan fingerprint density at radius 2 is 2.11 bits per heavy atom. The van der Waals surface area contributed by atoms with E-state index in [0.29, 0.717) is 29.7 Å². The van der Waals surface area contributed by atoms with E-state index in [1.54, 1.807) is 31.4 Å². The molecule has 0 aliphatic heterocycles. The van der Waals surface area contributed by atoms with Crippen LogP contribution in [0.25, 0.3) is 16.6 Å². The third-order valence-electron chi connectivity index (χ3n) is 4.27. The second-order valence-electron chi connectivity index (χ2n) is 6.03. The van der Waals surface area contributed by atoms with Crippen LogP contribution in [-0.2, 0) is 6.42 Å². The van der Waals surface area contributed by atoms with Gasteiger partial charge in [0.2, 0.25) is 0 Å². The van der Waals surface area contributed by atoms with Gasteiger partial charge in [0.25, 0.3) is 5.91 Å². The molecule has 136 valence electrons. The van der Waals surface area contributed by atoms with Gasteiger partial charge >= 0.3 is 5.63 Å². The van der Waals surface area contributed by atoms with Crippen molar-refractivity contribution in [3.63, 3.8) is 0 Å². The molecule has 1 aromatic carbocycles. The zero-order valence-electron chi connectivity index (χ0n) is 14.6. The molecule has 0 fully saturated rings. The van der Waals surface area contributed by atoms with Crippen LogP contribution in [0.4, 0.5) is 0 Å². The normalized spacial score (nSPS) is 11.0. The number of amides is 1. The lowest BCUT2D eigenvalue weighted by Crippen LogP contribution is -2.29. The fraction of sp³-hybridized carbons (Fsp3) is 0.150. The van der Waals surface area contributed by atoms with Gasteiger partial charge in [0.1, 0.15) is 11.1 Å². The number of nitrogens with one attached hydrogen (secondary N) is 1. The Labute approximate surface area is 154 Å². The number of rotatable bonds is 5. The minimum atomic E-state index is -0.649. The van der Waals surface area contributed by atoms with Crippen molar-refractivity contribution >= 4 is 22.5 Å². The van der Waals surface area contributed by atoms with Gasteiger partial charge in [0.05, 0.1) is 12.8 Å². The molecule has 4 aromatic rings. The number of hydrogen-bond donors (Lipinski definition) is 1. The van der Waals surface area contributed by atoms with E-state index < -0.39 is 11.5 Å². The van der Waals surface area contributed by atoms with E-state index in [0.717, 1.165) is 11.3 Å². The summed E-state index contributed by atoms with van der Waals surface area (Å²) in [5, 5.41) is 3.45. The molecule has 0 radical (unpaired) electrons. The molecule has 1 N–H and O–H groups in total.